The van der Waals surface area contributed by atoms with Crippen LogP contribution in [0.25, 0.3) is 0 Å². The Morgan fingerprint density at radius 3 is 2.20 bits per heavy atom. The molecule has 0 aliphatic heterocycles. The zero-order valence-corrected chi connectivity index (χ0v) is 12.7. The van der Waals surface area contributed by atoms with Gasteiger partial charge in [0.15, 0.2) is 5.75 Å². The number of para-hydroxylation sites is 1. The number of aryl methyl sites for hydroxylation is 1. The normalized spacial score (nSPS) is 10.3. The zero-order chi connectivity index (χ0) is 15.9. The number of hydrogen-bond acceptors (Lipinski definition) is 4. The van der Waals surface area contributed by atoms with Crippen molar-refractivity contribution in [1.29, 1.82) is 0 Å². The van der Waals surface area contributed by atoms with Gasteiger partial charge < -0.3 is 15.3 Å². The number of phenolic OH excluding ortho intramolecular Hbond substituents is 1. The summed E-state index contributed by atoms with van der Waals surface area (Å²) in [6, 6.07) is 5.72. The van der Waals surface area contributed by atoms with Crippen molar-refractivity contribution in [2.75, 3.05) is 0 Å². The molecule has 0 saturated heterocycles. The van der Waals surface area contributed by atoms with Crippen molar-refractivity contribution in [2.45, 2.75) is 32.1 Å². The highest BCUT2D eigenvalue weighted by Gasteiger charge is 2.21. The van der Waals surface area contributed by atoms with Gasteiger partial charge >= 0.3 is 11.8 Å². The molecule has 0 radical (unpaired) electrons. The Bertz CT molecular complexity index is 479. The molecule has 0 heterocycles. The average Bonchev–Trinajstić information content (AvgIpc) is 2.23. The summed E-state index contributed by atoms with van der Waals surface area (Å²) in [6.45, 7) is 6.67. The number of phenols is 1. The van der Waals surface area contributed by atoms with E-state index in [1.807, 2.05) is 0 Å². The summed E-state index contributed by atoms with van der Waals surface area (Å²) in [5.41, 5.74) is 0.494. The summed E-state index contributed by atoms with van der Waals surface area (Å²) in [6.07, 6.45) is -1.17. The van der Waals surface area contributed by atoms with E-state index in [4.69, 9.17) is 15.0 Å². The van der Waals surface area contributed by atoms with Crippen LogP contribution in [-0.2, 0) is 6.42 Å². The number of nitro groups is 1. The van der Waals surface area contributed by atoms with Gasteiger partial charge in [-0.1, -0.05) is 37.8 Å². The first-order chi connectivity index (χ1) is 9.04. The summed E-state index contributed by atoms with van der Waals surface area (Å²) >= 11 is 0. The topological polar surface area (TPSA) is 121 Å². The van der Waals surface area contributed by atoms with Crippen molar-refractivity contribution in [2.24, 2.45) is 0 Å². The number of carbonyl (C=O) groups is 1. The lowest BCUT2D eigenvalue weighted by atomic mass is 10.1. The predicted octanol–water partition coefficient (Wildman–Crippen LogP) is 3.40. The molecule has 0 aromatic heterocycles. The van der Waals surface area contributed by atoms with E-state index in [0.29, 0.717) is 12.0 Å². The molecular weight excluding hydrogens is 282 g/mol. The maximum absolute atomic E-state index is 10.8. The van der Waals surface area contributed by atoms with E-state index in [-0.39, 0.29) is 11.4 Å². The first-order valence-electron chi connectivity index (χ1n) is 5.91. The Hall–Kier alpha value is -2.09. The summed E-state index contributed by atoms with van der Waals surface area (Å²) in [5.74, 6) is -0.238. The predicted molar refractivity (Wildman–Crippen MR) is 77.3 cm³/mol. The third-order valence-electron chi connectivity index (χ3n) is 2.43. The Morgan fingerprint density at radius 1 is 1.30 bits per heavy atom. The van der Waals surface area contributed by atoms with Crippen molar-refractivity contribution < 1.29 is 25.0 Å². The van der Waals surface area contributed by atoms with Gasteiger partial charge in [0.1, 0.15) is 0 Å². The molecule has 112 valence electrons. The highest BCUT2D eigenvalue weighted by Crippen LogP contribution is 2.31. The largest absolute Gasteiger partial charge is 0.503 e. The molecular formula is C12H19NO6Si. The third-order valence-corrected chi connectivity index (χ3v) is 4.18. The first kappa shape index (κ1) is 17.9. The maximum Gasteiger partial charge on any atom is 0.503 e. The molecule has 0 aliphatic carbocycles. The van der Waals surface area contributed by atoms with Crippen LogP contribution in [0.3, 0.4) is 0 Å². The quantitative estimate of drug-likeness (QED) is 0.445. The van der Waals surface area contributed by atoms with Crippen LogP contribution in [0.1, 0.15) is 5.56 Å². The molecule has 0 bridgehead atoms. The van der Waals surface area contributed by atoms with E-state index in [9.17, 15) is 15.2 Å². The number of rotatable bonds is 4. The Morgan fingerprint density at radius 2 is 1.80 bits per heavy atom. The van der Waals surface area contributed by atoms with Crippen LogP contribution < -0.4 is 0 Å². The Labute approximate surface area is 117 Å². The third kappa shape index (κ3) is 7.37. The highest BCUT2D eigenvalue weighted by molar-refractivity contribution is 6.76. The van der Waals surface area contributed by atoms with Crippen molar-refractivity contribution in [1.82, 2.24) is 0 Å². The van der Waals surface area contributed by atoms with E-state index in [2.05, 4.69) is 19.6 Å². The monoisotopic (exact) mass is 301 g/mol. The molecule has 1 rings (SSSR count). The van der Waals surface area contributed by atoms with Crippen LogP contribution in [0.15, 0.2) is 18.2 Å². The molecule has 20 heavy (non-hydrogen) atoms. The van der Waals surface area contributed by atoms with Gasteiger partial charge in [0, 0.05) is 13.6 Å². The van der Waals surface area contributed by atoms with Gasteiger partial charge in [-0.05, 0) is 12.5 Å². The van der Waals surface area contributed by atoms with Gasteiger partial charge in [0.25, 0.3) is 0 Å². The minimum Gasteiger partial charge on any atom is -0.502 e. The molecule has 1 aromatic carbocycles. The molecule has 3 N–H and O–H groups in total. The molecule has 0 aliphatic rings. The summed E-state index contributed by atoms with van der Waals surface area (Å²) in [7, 11) is -1.22. The lowest BCUT2D eigenvalue weighted by Crippen LogP contribution is -2.20. The number of benzene rings is 1. The minimum atomic E-state index is -1.83. The van der Waals surface area contributed by atoms with Crippen molar-refractivity contribution in [3.8, 4) is 5.75 Å². The molecule has 0 atom stereocenters. The second kappa shape index (κ2) is 7.48. The Kier molecular flexibility index (Phi) is 6.70. The van der Waals surface area contributed by atoms with Crippen molar-refractivity contribution in [3.63, 3.8) is 0 Å². The number of carboxylic acid groups (broad SMARTS) is 2. The van der Waals surface area contributed by atoms with Crippen LogP contribution in [0.4, 0.5) is 10.5 Å². The molecule has 0 fully saturated rings. The first-order valence-corrected chi connectivity index (χ1v) is 9.62. The lowest BCUT2D eigenvalue weighted by Gasteiger charge is -2.15. The summed E-state index contributed by atoms with van der Waals surface area (Å²) in [4.78, 5) is 18.9. The van der Waals surface area contributed by atoms with E-state index < -0.39 is 19.2 Å². The van der Waals surface area contributed by atoms with Gasteiger partial charge in [0.2, 0.25) is 0 Å². The molecule has 0 spiro atoms. The highest BCUT2D eigenvalue weighted by atomic mass is 28.3. The van der Waals surface area contributed by atoms with Crippen LogP contribution in [0.2, 0.25) is 25.7 Å². The number of aromatic hydroxyl groups is 1. The minimum absolute atomic E-state index is 0.138. The van der Waals surface area contributed by atoms with Crippen molar-refractivity contribution in [3.05, 3.63) is 33.9 Å². The van der Waals surface area contributed by atoms with Crippen molar-refractivity contribution >= 4 is 19.9 Å². The fourth-order valence-electron chi connectivity index (χ4n) is 1.50. The molecule has 0 amide bonds. The summed E-state index contributed by atoms with van der Waals surface area (Å²) < 4.78 is 0. The molecule has 7 nitrogen and oxygen atoms in total. The zero-order valence-electron chi connectivity index (χ0n) is 11.7. The maximum atomic E-state index is 10.8. The average molecular weight is 301 g/mol. The van der Waals surface area contributed by atoms with E-state index >= 15 is 0 Å². The lowest BCUT2D eigenvalue weighted by molar-refractivity contribution is -0.386. The fraction of sp³-hybridized carbons (Fsp3) is 0.417. The Balaban J connectivity index is 0.000000796. The number of nitrogens with zero attached hydrogens (tertiary/aromatic N) is 1. The molecule has 1 aromatic rings. The van der Waals surface area contributed by atoms with Crippen LogP contribution in [0, 0.1) is 10.1 Å². The molecule has 8 heteroatoms. The molecule has 0 saturated carbocycles. The fourth-order valence-corrected chi connectivity index (χ4v) is 2.52. The number of hydrogen-bond donors (Lipinski definition) is 3. The number of nitro benzene ring substituents is 1. The smallest absolute Gasteiger partial charge is 0.502 e. The van der Waals surface area contributed by atoms with E-state index in [1.54, 1.807) is 12.1 Å². The second-order valence-corrected chi connectivity index (χ2v) is 11.0. The van der Waals surface area contributed by atoms with Gasteiger partial charge in [-0.15, -0.1) is 0 Å². The van der Waals surface area contributed by atoms with Gasteiger partial charge in [-0.3, -0.25) is 10.1 Å². The van der Waals surface area contributed by atoms with Gasteiger partial charge in [0.05, 0.1) is 4.92 Å². The van der Waals surface area contributed by atoms with Crippen LogP contribution in [-0.4, -0.2) is 34.5 Å². The standard InChI is InChI=1S/C11H17NO3Si.CH2O3/c1-16(2,3)8-7-9-5-4-6-10(13)11(9)12(14)15;2-1(3)4/h4-6,13H,7-8H2,1-3H3;(H2,2,3,4). The van der Waals surface area contributed by atoms with E-state index in [0.717, 1.165) is 6.04 Å². The van der Waals surface area contributed by atoms with Crippen LogP contribution in [0.5, 0.6) is 5.75 Å². The molecule has 0 unspecified atom stereocenters. The second-order valence-electron chi connectivity index (χ2n) is 5.39. The van der Waals surface area contributed by atoms with Gasteiger partial charge in [-0.2, -0.15) is 0 Å². The van der Waals surface area contributed by atoms with E-state index in [1.165, 1.54) is 6.07 Å². The SMILES string of the molecule is C[Si](C)(C)CCc1cccc(O)c1[N+](=O)[O-].O=C(O)O. The summed E-state index contributed by atoms with van der Waals surface area (Å²) in [5, 5.41) is 34.2. The van der Waals surface area contributed by atoms with Crippen LogP contribution >= 0.6 is 0 Å². The van der Waals surface area contributed by atoms with Gasteiger partial charge in [-0.25, -0.2) is 4.79 Å².